The molecule has 0 N–H and O–H groups in total. The van der Waals surface area contributed by atoms with Gasteiger partial charge >= 0.3 is 0 Å². The van der Waals surface area contributed by atoms with Crippen LogP contribution in [0.3, 0.4) is 0 Å². The molecule has 102 valence electrons. The van der Waals surface area contributed by atoms with Crippen molar-refractivity contribution < 1.29 is 17.3 Å². The van der Waals surface area contributed by atoms with Crippen molar-refractivity contribution in [2.24, 2.45) is 0 Å². The Balaban J connectivity index is 2.00. The second-order valence-electron chi connectivity index (χ2n) is 4.38. The van der Waals surface area contributed by atoms with Crippen molar-refractivity contribution in [3.05, 3.63) is 11.7 Å². The summed E-state index contributed by atoms with van der Waals surface area (Å²) < 4.78 is 42.2. The quantitative estimate of drug-likeness (QED) is 0.797. The lowest BCUT2D eigenvalue weighted by Crippen LogP contribution is -2.31. The molecule has 2 heterocycles. The first-order chi connectivity index (χ1) is 8.53. The highest BCUT2D eigenvalue weighted by molar-refractivity contribution is 7.89. The van der Waals surface area contributed by atoms with Crippen LogP contribution in [0.25, 0.3) is 0 Å². The summed E-state index contributed by atoms with van der Waals surface area (Å²) in [5.41, 5.74) is 0. The predicted molar refractivity (Wildman–Crippen MR) is 62.3 cm³/mol. The highest BCUT2D eigenvalue weighted by Crippen LogP contribution is 2.27. The van der Waals surface area contributed by atoms with Gasteiger partial charge in [-0.1, -0.05) is 5.16 Å². The number of hydrogen-bond acceptors (Lipinski definition) is 5. The van der Waals surface area contributed by atoms with Gasteiger partial charge in [0.1, 0.15) is 0 Å². The Kier molecular flexibility index (Phi) is 3.96. The normalized spacial score (nSPS) is 21.6. The molecule has 1 aliphatic rings. The minimum Gasteiger partial charge on any atom is -0.339 e. The van der Waals surface area contributed by atoms with Crippen LogP contribution in [0.1, 0.15) is 30.5 Å². The van der Waals surface area contributed by atoms with Crippen LogP contribution in [-0.2, 0) is 10.0 Å². The van der Waals surface area contributed by atoms with Crippen LogP contribution < -0.4 is 0 Å². The summed E-state index contributed by atoms with van der Waals surface area (Å²) in [5.74, 6) is 0.838. The Morgan fingerprint density at radius 3 is 2.94 bits per heavy atom. The number of aryl methyl sites for hydroxylation is 1. The minimum atomic E-state index is -3.35. The summed E-state index contributed by atoms with van der Waals surface area (Å²) in [6.07, 6.45) is 0.708. The second-order valence-corrected chi connectivity index (χ2v) is 6.47. The fourth-order valence-corrected chi connectivity index (χ4v) is 3.55. The maximum absolute atomic E-state index is 12.0. The van der Waals surface area contributed by atoms with E-state index in [1.165, 1.54) is 4.31 Å². The first-order valence-electron chi connectivity index (χ1n) is 5.87. The lowest BCUT2D eigenvalue weighted by Gasteiger charge is -2.15. The van der Waals surface area contributed by atoms with Crippen molar-refractivity contribution in [3.8, 4) is 0 Å². The molecule has 1 saturated heterocycles. The number of rotatable bonds is 5. The van der Waals surface area contributed by atoms with Gasteiger partial charge < -0.3 is 4.52 Å². The van der Waals surface area contributed by atoms with E-state index in [9.17, 15) is 12.8 Å². The average Bonchev–Trinajstić information content (AvgIpc) is 2.94. The van der Waals surface area contributed by atoms with Crippen molar-refractivity contribution in [1.29, 1.82) is 0 Å². The van der Waals surface area contributed by atoms with Crippen molar-refractivity contribution >= 4 is 10.0 Å². The van der Waals surface area contributed by atoms with Gasteiger partial charge in [-0.25, -0.2) is 12.7 Å². The van der Waals surface area contributed by atoms with Crippen molar-refractivity contribution in [3.63, 3.8) is 0 Å². The first-order valence-corrected chi connectivity index (χ1v) is 7.48. The van der Waals surface area contributed by atoms with Crippen LogP contribution in [0.4, 0.5) is 4.39 Å². The lowest BCUT2D eigenvalue weighted by molar-refractivity contribution is 0.351. The molecule has 1 aliphatic heterocycles. The number of halogens is 1. The SMILES string of the molecule is Cc1noc(C2CCN(S(=O)(=O)CCCF)C2)n1. The summed E-state index contributed by atoms with van der Waals surface area (Å²) in [7, 11) is -3.35. The Morgan fingerprint density at radius 1 is 1.56 bits per heavy atom. The van der Waals surface area contributed by atoms with Gasteiger partial charge in [-0.2, -0.15) is 4.98 Å². The Morgan fingerprint density at radius 2 is 2.33 bits per heavy atom. The zero-order chi connectivity index (χ0) is 13.2. The molecule has 2 rings (SSSR count). The van der Waals surface area contributed by atoms with E-state index in [2.05, 4.69) is 10.1 Å². The van der Waals surface area contributed by atoms with Gasteiger partial charge in [0, 0.05) is 13.1 Å². The van der Waals surface area contributed by atoms with Gasteiger partial charge in [0.2, 0.25) is 15.9 Å². The number of nitrogens with zero attached hydrogens (tertiary/aromatic N) is 3. The van der Waals surface area contributed by atoms with Crippen molar-refractivity contribution in [2.45, 2.75) is 25.7 Å². The van der Waals surface area contributed by atoms with E-state index in [0.717, 1.165) is 0 Å². The number of alkyl halides is 1. The summed E-state index contributed by atoms with van der Waals surface area (Å²) in [4.78, 5) is 4.11. The third-order valence-corrected chi connectivity index (χ3v) is 4.90. The van der Waals surface area contributed by atoms with Crippen molar-refractivity contribution in [2.75, 3.05) is 25.5 Å². The molecule has 8 heteroatoms. The molecule has 0 aliphatic carbocycles. The average molecular weight is 277 g/mol. The molecular formula is C10H16FN3O3S. The molecule has 1 fully saturated rings. The maximum atomic E-state index is 12.0. The number of aromatic nitrogens is 2. The fourth-order valence-electron chi connectivity index (χ4n) is 2.03. The van der Waals surface area contributed by atoms with E-state index in [0.29, 0.717) is 31.2 Å². The predicted octanol–water partition coefficient (Wildman–Crippen LogP) is 0.857. The van der Waals surface area contributed by atoms with E-state index < -0.39 is 16.7 Å². The molecule has 0 spiro atoms. The van der Waals surface area contributed by atoms with E-state index in [1.54, 1.807) is 6.92 Å². The molecule has 0 saturated carbocycles. The Hall–Kier alpha value is -1.02. The first kappa shape index (κ1) is 13.4. The molecule has 1 aromatic rings. The molecule has 6 nitrogen and oxygen atoms in total. The Bertz CT molecular complexity index is 502. The van der Waals surface area contributed by atoms with Gasteiger partial charge in [0.05, 0.1) is 18.3 Å². The molecule has 0 aromatic carbocycles. The van der Waals surface area contributed by atoms with Gasteiger partial charge in [0.15, 0.2) is 5.82 Å². The molecule has 0 amide bonds. The molecule has 1 atom stereocenters. The zero-order valence-corrected chi connectivity index (χ0v) is 11.0. The lowest BCUT2D eigenvalue weighted by atomic mass is 10.1. The van der Waals surface area contributed by atoms with E-state index in [4.69, 9.17) is 4.52 Å². The molecule has 1 unspecified atom stereocenters. The summed E-state index contributed by atoms with van der Waals surface area (Å²) in [6, 6.07) is 0. The van der Waals surface area contributed by atoms with Crippen LogP contribution in [0, 0.1) is 6.92 Å². The third-order valence-electron chi connectivity index (χ3n) is 2.97. The van der Waals surface area contributed by atoms with Crippen LogP contribution in [-0.4, -0.2) is 48.4 Å². The minimum absolute atomic E-state index is 0.0448. The van der Waals surface area contributed by atoms with E-state index in [1.807, 2.05) is 0 Å². The van der Waals surface area contributed by atoms with Crippen LogP contribution in [0.2, 0.25) is 0 Å². The van der Waals surface area contributed by atoms with E-state index >= 15 is 0 Å². The summed E-state index contributed by atoms with van der Waals surface area (Å²) in [6.45, 7) is 1.88. The van der Waals surface area contributed by atoms with Gasteiger partial charge in [-0.15, -0.1) is 0 Å². The zero-order valence-electron chi connectivity index (χ0n) is 10.2. The van der Waals surface area contributed by atoms with Crippen LogP contribution in [0.5, 0.6) is 0 Å². The van der Waals surface area contributed by atoms with E-state index in [-0.39, 0.29) is 18.1 Å². The molecule has 0 radical (unpaired) electrons. The molecular weight excluding hydrogens is 261 g/mol. The largest absolute Gasteiger partial charge is 0.339 e. The Labute approximate surface area is 105 Å². The topological polar surface area (TPSA) is 76.3 Å². The second kappa shape index (κ2) is 5.31. The maximum Gasteiger partial charge on any atom is 0.231 e. The van der Waals surface area contributed by atoms with Crippen LogP contribution in [0.15, 0.2) is 4.52 Å². The van der Waals surface area contributed by atoms with Gasteiger partial charge in [-0.05, 0) is 19.8 Å². The highest BCUT2D eigenvalue weighted by atomic mass is 32.2. The standard InChI is InChI=1S/C10H16FN3O3S/c1-8-12-10(17-13-8)9-3-5-14(7-9)18(15,16)6-2-4-11/h9H,2-7H2,1H3. The van der Waals surface area contributed by atoms with Gasteiger partial charge in [0.25, 0.3) is 0 Å². The summed E-state index contributed by atoms with van der Waals surface area (Å²) in [5, 5.41) is 3.69. The summed E-state index contributed by atoms with van der Waals surface area (Å²) >= 11 is 0. The number of hydrogen-bond donors (Lipinski definition) is 0. The molecule has 1 aromatic heterocycles. The molecule has 18 heavy (non-hydrogen) atoms. The number of sulfonamides is 1. The van der Waals surface area contributed by atoms with Gasteiger partial charge in [-0.3, -0.25) is 4.39 Å². The smallest absolute Gasteiger partial charge is 0.231 e. The van der Waals surface area contributed by atoms with Crippen molar-refractivity contribution in [1.82, 2.24) is 14.4 Å². The fraction of sp³-hybridized carbons (Fsp3) is 0.800. The van der Waals surface area contributed by atoms with Crippen LogP contribution >= 0.6 is 0 Å². The highest BCUT2D eigenvalue weighted by Gasteiger charge is 2.34. The monoisotopic (exact) mass is 277 g/mol. The molecule has 0 bridgehead atoms. The third kappa shape index (κ3) is 2.86.